The smallest absolute Gasteiger partial charge is 0.174 e. The van der Waals surface area contributed by atoms with Crippen molar-refractivity contribution < 1.29 is 4.79 Å². The van der Waals surface area contributed by atoms with Gasteiger partial charge >= 0.3 is 0 Å². The zero-order valence-corrected chi connectivity index (χ0v) is 11.1. The predicted octanol–water partition coefficient (Wildman–Crippen LogP) is 3.69. The number of nitrogens with zero attached hydrogens (tertiary/aromatic N) is 1. The van der Waals surface area contributed by atoms with Crippen molar-refractivity contribution in [1.82, 2.24) is 4.98 Å². The van der Waals surface area contributed by atoms with Crippen LogP contribution in [0.5, 0.6) is 0 Å². The van der Waals surface area contributed by atoms with Gasteiger partial charge in [0.15, 0.2) is 5.78 Å². The Kier molecular flexibility index (Phi) is 2.94. The average Bonchev–Trinajstić information content (AvgIpc) is 2.38. The molecule has 1 aromatic heterocycles. The summed E-state index contributed by atoms with van der Waals surface area (Å²) in [6.45, 7) is 1.97. The molecule has 3 rings (SSSR count). The summed E-state index contributed by atoms with van der Waals surface area (Å²) in [7, 11) is 0. The highest BCUT2D eigenvalue weighted by Crippen LogP contribution is 2.46. The van der Waals surface area contributed by atoms with Crippen LogP contribution in [0, 0.1) is 6.92 Å². The molecule has 1 aromatic carbocycles. The lowest BCUT2D eigenvalue weighted by atomic mass is 9.61. The van der Waals surface area contributed by atoms with E-state index in [1.165, 1.54) is 0 Å². The maximum atomic E-state index is 12.9. The first-order valence-corrected chi connectivity index (χ1v) is 6.74. The second kappa shape index (κ2) is 4.61. The SMILES string of the molecule is Cc1cncc(C(=O)C2(c3ccccc3)CCC2)c1. The van der Waals surface area contributed by atoms with Crippen LogP contribution in [0.2, 0.25) is 0 Å². The fourth-order valence-corrected chi connectivity index (χ4v) is 2.89. The van der Waals surface area contributed by atoms with E-state index in [0.29, 0.717) is 0 Å². The molecule has 1 fully saturated rings. The van der Waals surface area contributed by atoms with Gasteiger partial charge in [0.25, 0.3) is 0 Å². The fraction of sp³-hybridized carbons (Fsp3) is 0.294. The third-order valence-electron chi connectivity index (χ3n) is 4.11. The Morgan fingerprint density at radius 2 is 1.89 bits per heavy atom. The lowest BCUT2D eigenvalue weighted by Crippen LogP contribution is -2.42. The van der Waals surface area contributed by atoms with Gasteiger partial charge in [-0.3, -0.25) is 9.78 Å². The number of carbonyl (C=O) groups is 1. The average molecular weight is 251 g/mol. The minimum absolute atomic E-state index is 0.223. The van der Waals surface area contributed by atoms with Crippen molar-refractivity contribution >= 4 is 5.78 Å². The molecule has 0 spiro atoms. The number of rotatable bonds is 3. The molecule has 0 unspecified atom stereocenters. The number of benzene rings is 1. The summed E-state index contributed by atoms with van der Waals surface area (Å²) in [5.74, 6) is 0.223. The van der Waals surface area contributed by atoms with Crippen molar-refractivity contribution in [3.8, 4) is 0 Å². The number of hydrogen-bond acceptors (Lipinski definition) is 2. The monoisotopic (exact) mass is 251 g/mol. The summed E-state index contributed by atoms with van der Waals surface area (Å²) in [5.41, 5.74) is 2.61. The highest BCUT2D eigenvalue weighted by molar-refractivity contribution is 6.04. The molecule has 0 atom stereocenters. The Morgan fingerprint density at radius 3 is 2.47 bits per heavy atom. The van der Waals surface area contributed by atoms with Crippen molar-refractivity contribution in [1.29, 1.82) is 0 Å². The first-order valence-electron chi connectivity index (χ1n) is 6.74. The van der Waals surface area contributed by atoms with Gasteiger partial charge in [0.2, 0.25) is 0 Å². The number of hydrogen-bond donors (Lipinski definition) is 0. The second-order valence-electron chi connectivity index (χ2n) is 5.38. The maximum Gasteiger partial charge on any atom is 0.174 e. The largest absolute Gasteiger partial charge is 0.293 e. The van der Waals surface area contributed by atoms with Crippen LogP contribution < -0.4 is 0 Å². The number of aryl methyl sites for hydroxylation is 1. The molecule has 1 heterocycles. The van der Waals surface area contributed by atoms with E-state index >= 15 is 0 Å². The van der Waals surface area contributed by atoms with Crippen molar-refractivity contribution in [3.63, 3.8) is 0 Å². The van der Waals surface area contributed by atoms with E-state index in [9.17, 15) is 4.79 Å². The van der Waals surface area contributed by atoms with E-state index in [0.717, 1.165) is 36.0 Å². The van der Waals surface area contributed by atoms with Gasteiger partial charge in [-0.15, -0.1) is 0 Å². The number of ketones is 1. The number of Topliss-reactive ketones (excluding diaryl/α,β-unsaturated/α-hetero) is 1. The summed E-state index contributed by atoms with van der Waals surface area (Å²) >= 11 is 0. The van der Waals surface area contributed by atoms with Crippen molar-refractivity contribution in [2.75, 3.05) is 0 Å². The molecule has 96 valence electrons. The Bertz CT molecular complexity index is 600. The molecule has 0 aliphatic heterocycles. The van der Waals surface area contributed by atoms with Gasteiger partial charge < -0.3 is 0 Å². The van der Waals surface area contributed by atoms with Crippen molar-refractivity contribution in [2.24, 2.45) is 0 Å². The highest BCUT2D eigenvalue weighted by atomic mass is 16.1. The summed E-state index contributed by atoms with van der Waals surface area (Å²) in [4.78, 5) is 17.0. The van der Waals surface area contributed by atoms with Crippen LogP contribution in [0.1, 0.15) is 40.7 Å². The Morgan fingerprint density at radius 1 is 1.16 bits per heavy atom. The van der Waals surface area contributed by atoms with Crippen LogP contribution >= 0.6 is 0 Å². The van der Waals surface area contributed by atoms with Crippen LogP contribution in [-0.2, 0) is 5.41 Å². The summed E-state index contributed by atoms with van der Waals surface area (Å²) in [6.07, 6.45) is 6.50. The molecule has 1 saturated carbocycles. The zero-order valence-electron chi connectivity index (χ0n) is 11.1. The number of pyridine rings is 1. The number of carbonyl (C=O) groups excluding carboxylic acids is 1. The second-order valence-corrected chi connectivity index (χ2v) is 5.38. The molecule has 0 saturated heterocycles. The first-order chi connectivity index (χ1) is 9.22. The van der Waals surface area contributed by atoms with E-state index in [1.807, 2.05) is 31.2 Å². The topological polar surface area (TPSA) is 30.0 Å². The van der Waals surface area contributed by atoms with E-state index in [-0.39, 0.29) is 11.2 Å². The molecule has 0 amide bonds. The van der Waals surface area contributed by atoms with Crippen LogP contribution in [0.3, 0.4) is 0 Å². The van der Waals surface area contributed by atoms with Gasteiger partial charge in [0, 0.05) is 18.0 Å². The van der Waals surface area contributed by atoms with Crippen LogP contribution in [-0.4, -0.2) is 10.8 Å². The quantitative estimate of drug-likeness (QED) is 0.779. The fourth-order valence-electron chi connectivity index (χ4n) is 2.89. The summed E-state index contributed by atoms with van der Waals surface area (Å²) in [6, 6.07) is 12.1. The third kappa shape index (κ3) is 1.97. The van der Waals surface area contributed by atoms with E-state index in [4.69, 9.17) is 0 Å². The third-order valence-corrected chi connectivity index (χ3v) is 4.11. The molecule has 1 aliphatic carbocycles. The highest BCUT2D eigenvalue weighted by Gasteiger charge is 2.45. The van der Waals surface area contributed by atoms with Crippen LogP contribution in [0.15, 0.2) is 48.8 Å². The predicted molar refractivity (Wildman–Crippen MR) is 75.3 cm³/mol. The van der Waals surface area contributed by atoms with E-state index in [2.05, 4.69) is 17.1 Å². The lowest BCUT2D eigenvalue weighted by Gasteiger charge is -2.41. The standard InChI is InChI=1S/C17H17NO/c1-13-10-14(12-18-11-13)16(19)17(8-5-9-17)15-6-3-2-4-7-15/h2-4,6-7,10-12H,5,8-9H2,1H3. The molecule has 0 bridgehead atoms. The molecule has 19 heavy (non-hydrogen) atoms. The molecule has 2 aromatic rings. The minimum atomic E-state index is -0.309. The van der Waals surface area contributed by atoms with Gasteiger partial charge in [-0.1, -0.05) is 36.8 Å². The normalized spacial score (nSPS) is 16.7. The van der Waals surface area contributed by atoms with E-state index < -0.39 is 0 Å². The van der Waals surface area contributed by atoms with Gasteiger partial charge in [0.1, 0.15) is 0 Å². The molecule has 0 radical (unpaired) electrons. The molecule has 2 heteroatoms. The van der Waals surface area contributed by atoms with Gasteiger partial charge in [-0.2, -0.15) is 0 Å². The van der Waals surface area contributed by atoms with E-state index in [1.54, 1.807) is 12.4 Å². The molecule has 1 aliphatic rings. The first kappa shape index (κ1) is 12.1. The Balaban J connectivity index is 2.01. The van der Waals surface area contributed by atoms with Crippen LogP contribution in [0.25, 0.3) is 0 Å². The Labute approximate surface area is 113 Å². The maximum absolute atomic E-state index is 12.9. The van der Waals surface area contributed by atoms with Crippen LogP contribution in [0.4, 0.5) is 0 Å². The molecule has 0 N–H and O–H groups in total. The Hall–Kier alpha value is -1.96. The lowest BCUT2D eigenvalue weighted by molar-refractivity contribution is 0.0788. The summed E-state index contributed by atoms with van der Waals surface area (Å²) in [5, 5.41) is 0. The van der Waals surface area contributed by atoms with Gasteiger partial charge in [-0.25, -0.2) is 0 Å². The van der Waals surface area contributed by atoms with Gasteiger partial charge in [0.05, 0.1) is 5.41 Å². The van der Waals surface area contributed by atoms with Crippen molar-refractivity contribution in [3.05, 3.63) is 65.5 Å². The zero-order chi connectivity index (χ0) is 13.3. The molecular formula is C17H17NO. The number of aromatic nitrogens is 1. The van der Waals surface area contributed by atoms with Gasteiger partial charge in [-0.05, 0) is 37.0 Å². The minimum Gasteiger partial charge on any atom is -0.293 e. The summed E-state index contributed by atoms with van der Waals surface area (Å²) < 4.78 is 0. The molecular weight excluding hydrogens is 234 g/mol. The molecule has 2 nitrogen and oxygen atoms in total. The van der Waals surface area contributed by atoms with Crippen molar-refractivity contribution in [2.45, 2.75) is 31.6 Å².